The van der Waals surface area contributed by atoms with Gasteiger partial charge < -0.3 is 5.11 Å². The minimum absolute atomic E-state index is 0.0103. The molecule has 0 aromatic heterocycles. The molecule has 0 spiro atoms. The van der Waals surface area contributed by atoms with Gasteiger partial charge in [-0.15, -0.1) is 0 Å². The zero-order valence-electron chi connectivity index (χ0n) is 7.36. The van der Waals surface area contributed by atoms with Crippen molar-refractivity contribution in [1.29, 1.82) is 0 Å². The average Bonchev–Trinajstić information content (AvgIpc) is 2.04. The number of aromatic hydroxyl groups is 1. The fraction of sp³-hybridized carbons (Fsp3) is 0.333. The van der Waals surface area contributed by atoms with Gasteiger partial charge in [-0.05, 0) is 18.6 Å². The lowest BCUT2D eigenvalue weighted by atomic mass is 10.2. The van der Waals surface area contributed by atoms with Crippen molar-refractivity contribution in [1.82, 2.24) is 0 Å². The van der Waals surface area contributed by atoms with Crippen LogP contribution >= 0.6 is 11.6 Å². The second kappa shape index (κ2) is 4.99. The molecule has 0 amide bonds. The Balaban J connectivity index is 0.000000561. The van der Waals surface area contributed by atoms with E-state index in [4.69, 9.17) is 16.7 Å². The van der Waals surface area contributed by atoms with Gasteiger partial charge in [0.1, 0.15) is 11.6 Å². The molecule has 12 heavy (non-hydrogen) atoms. The predicted octanol–water partition coefficient (Wildman–Crippen LogP) is 3.52. The Labute approximate surface area is 76.8 Å². The van der Waals surface area contributed by atoms with Crippen LogP contribution in [0.15, 0.2) is 12.1 Å². The smallest absolute Gasteiger partial charge is 0.144 e. The van der Waals surface area contributed by atoms with Crippen molar-refractivity contribution in [2.75, 3.05) is 0 Å². The van der Waals surface area contributed by atoms with Gasteiger partial charge in [0.15, 0.2) is 0 Å². The van der Waals surface area contributed by atoms with Crippen molar-refractivity contribution in [3.63, 3.8) is 0 Å². The van der Waals surface area contributed by atoms with Gasteiger partial charge in [-0.25, -0.2) is 4.39 Å². The van der Waals surface area contributed by atoms with Gasteiger partial charge in [-0.3, -0.25) is 0 Å². The van der Waals surface area contributed by atoms with Gasteiger partial charge in [0.05, 0.1) is 5.02 Å². The molecule has 0 saturated carbocycles. The Morgan fingerprint density at radius 1 is 1.33 bits per heavy atom. The van der Waals surface area contributed by atoms with E-state index in [9.17, 15) is 4.39 Å². The van der Waals surface area contributed by atoms with Gasteiger partial charge >= 0.3 is 0 Å². The van der Waals surface area contributed by atoms with Crippen LogP contribution < -0.4 is 0 Å². The number of phenols is 1. The van der Waals surface area contributed by atoms with Crippen LogP contribution in [0.25, 0.3) is 0 Å². The highest BCUT2D eigenvalue weighted by molar-refractivity contribution is 6.30. The van der Waals surface area contributed by atoms with Crippen molar-refractivity contribution in [2.45, 2.75) is 20.8 Å². The first-order chi connectivity index (χ1) is 5.61. The number of aryl methyl sites for hydroxylation is 1. The summed E-state index contributed by atoms with van der Waals surface area (Å²) in [5.41, 5.74) is 0.352. The lowest BCUT2D eigenvalue weighted by Gasteiger charge is -1.98. The van der Waals surface area contributed by atoms with Gasteiger partial charge in [-0.2, -0.15) is 0 Å². The maximum Gasteiger partial charge on any atom is 0.144 e. The third-order valence-corrected chi connectivity index (χ3v) is 1.47. The van der Waals surface area contributed by atoms with Gasteiger partial charge in [0, 0.05) is 6.07 Å². The molecule has 1 aromatic rings. The molecule has 0 aliphatic rings. The van der Waals surface area contributed by atoms with Gasteiger partial charge in [0.25, 0.3) is 0 Å². The molecule has 0 fully saturated rings. The summed E-state index contributed by atoms with van der Waals surface area (Å²) in [6.45, 7) is 5.54. The van der Waals surface area contributed by atoms with Crippen molar-refractivity contribution in [3.05, 3.63) is 28.5 Å². The van der Waals surface area contributed by atoms with Crippen LogP contribution in [-0.2, 0) is 0 Å². The number of hydrogen-bond donors (Lipinski definition) is 1. The van der Waals surface area contributed by atoms with Crippen LogP contribution in [0.3, 0.4) is 0 Å². The van der Waals surface area contributed by atoms with E-state index in [1.807, 2.05) is 13.8 Å². The predicted molar refractivity (Wildman–Crippen MR) is 49.2 cm³/mol. The van der Waals surface area contributed by atoms with Crippen LogP contribution in [0.4, 0.5) is 4.39 Å². The van der Waals surface area contributed by atoms with Crippen LogP contribution in [0, 0.1) is 12.7 Å². The molecule has 1 aromatic carbocycles. The molecule has 0 atom stereocenters. The Bertz CT molecular complexity index is 238. The standard InChI is InChI=1S/C7H6ClFO.C2H6/c1-4-2-5(10)3-6(8)7(4)9;1-2/h2-3,10H,1H3;1-2H3. The molecule has 0 heterocycles. The third kappa shape index (κ3) is 2.70. The zero-order chi connectivity index (χ0) is 9.72. The summed E-state index contributed by atoms with van der Waals surface area (Å²) >= 11 is 5.38. The quantitative estimate of drug-likeness (QED) is 0.664. The van der Waals surface area contributed by atoms with Crippen LogP contribution in [0.5, 0.6) is 5.75 Å². The Morgan fingerprint density at radius 3 is 2.25 bits per heavy atom. The highest BCUT2D eigenvalue weighted by atomic mass is 35.5. The SMILES string of the molecule is CC.Cc1cc(O)cc(Cl)c1F. The average molecular weight is 191 g/mol. The number of rotatable bonds is 0. The fourth-order valence-electron chi connectivity index (χ4n) is 0.708. The first kappa shape index (κ1) is 11.2. The molecule has 0 radical (unpaired) electrons. The highest BCUT2D eigenvalue weighted by Gasteiger charge is 2.03. The number of benzene rings is 1. The first-order valence-electron chi connectivity index (χ1n) is 3.76. The summed E-state index contributed by atoms with van der Waals surface area (Å²) in [6, 6.07) is 2.49. The minimum atomic E-state index is -0.473. The van der Waals surface area contributed by atoms with E-state index in [-0.39, 0.29) is 10.8 Å². The van der Waals surface area contributed by atoms with Crippen molar-refractivity contribution >= 4 is 11.6 Å². The van der Waals surface area contributed by atoms with E-state index in [0.29, 0.717) is 5.56 Å². The molecular weight excluding hydrogens is 179 g/mol. The minimum Gasteiger partial charge on any atom is -0.508 e. The Morgan fingerprint density at radius 2 is 1.83 bits per heavy atom. The number of halogens is 2. The van der Waals surface area contributed by atoms with Crippen molar-refractivity contribution < 1.29 is 9.50 Å². The Hall–Kier alpha value is -0.760. The van der Waals surface area contributed by atoms with Crippen LogP contribution in [-0.4, -0.2) is 5.11 Å². The monoisotopic (exact) mass is 190 g/mol. The fourth-order valence-corrected chi connectivity index (χ4v) is 0.969. The highest BCUT2D eigenvalue weighted by Crippen LogP contribution is 2.23. The van der Waals surface area contributed by atoms with Gasteiger partial charge in [0.2, 0.25) is 0 Å². The molecule has 68 valence electrons. The molecule has 0 aliphatic heterocycles. The summed E-state index contributed by atoms with van der Waals surface area (Å²) in [5.74, 6) is -0.483. The molecule has 0 aliphatic carbocycles. The second-order valence-corrected chi connectivity index (χ2v) is 2.47. The number of hydrogen-bond acceptors (Lipinski definition) is 1. The summed E-state index contributed by atoms with van der Waals surface area (Å²) in [4.78, 5) is 0. The lowest BCUT2D eigenvalue weighted by molar-refractivity contribution is 0.472. The molecule has 1 rings (SSSR count). The van der Waals surface area contributed by atoms with E-state index in [2.05, 4.69) is 0 Å². The number of phenolic OH excluding ortho intramolecular Hbond substituents is 1. The molecule has 0 bridgehead atoms. The van der Waals surface area contributed by atoms with E-state index in [1.165, 1.54) is 12.1 Å². The summed E-state index contributed by atoms with van der Waals surface area (Å²) in [7, 11) is 0. The molecular formula is C9H12ClFO. The third-order valence-electron chi connectivity index (χ3n) is 1.19. The van der Waals surface area contributed by atoms with Crippen molar-refractivity contribution in [3.8, 4) is 5.75 Å². The summed E-state index contributed by atoms with van der Waals surface area (Å²) in [6.07, 6.45) is 0. The summed E-state index contributed by atoms with van der Waals surface area (Å²) in [5, 5.41) is 8.82. The second-order valence-electron chi connectivity index (χ2n) is 2.06. The largest absolute Gasteiger partial charge is 0.508 e. The molecule has 1 N–H and O–H groups in total. The summed E-state index contributed by atoms with van der Waals surface area (Å²) < 4.78 is 12.7. The van der Waals surface area contributed by atoms with Crippen molar-refractivity contribution in [2.24, 2.45) is 0 Å². The Kier molecular flexibility index (Phi) is 4.67. The topological polar surface area (TPSA) is 20.2 Å². The van der Waals surface area contributed by atoms with E-state index < -0.39 is 5.82 Å². The van der Waals surface area contributed by atoms with E-state index >= 15 is 0 Å². The molecule has 0 saturated heterocycles. The maximum absolute atomic E-state index is 12.7. The van der Waals surface area contributed by atoms with E-state index in [0.717, 1.165) is 0 Å². The first-order valence-corrected chi connectivity index (χ1v) is 4.13. The van der Waals surface area contributed by atoms with Crippen LogP contribution in [0.1, 0.15) is 19.4 Å². The molecule has 1 nitrogen and oxygen atoms in total. The van der Waals surface area contributed by atoms with E-state index in [1.54, 1.807) is 6.92 Å². The zero-order valence-corrected chi connectivity index (χ0v) is 8.11. The molecule has 0 unspecified atom stereocenters. The van der Waals surface area contributed by atoms with Crippen LogP contribution in [0.2, 0.25) is 5.02 Å². The normalized spacial score (nSPS) is 8.75. The van der Waals surface area contributed by atoms with Gasteiger partial charge in [-0.1, -0.05) is 25.4 Å². The maximum atomic E-state index is 12.7. The lowest BCUT2D eigenvalue weighted by Crippen LogP contribution is -1.82. The molecule has 3 heteroatoms.